The van der Waals surface area contributed by atoms with E-state index in [1.54, 1.807) is 0 Å². The molecule has 1 saturated carbocycles. The van der Waals surface area contributed by atoms with Crippen LogP contribution in [0.5, 0.6) is 0 Å². The molecule has 1 nitrogen and oxygen atoms in total. The lowest BCUT2D eigenvalue weighted by atomic mass is 9.62. The van der Waals surface area contributed by atoms with Gasteiger partial charge in [-0.05, 0) is 42.4 Å². The summed E-state index contributed by atoms with van der Waals surface area (Å²) in [5.41, 5.74) is 3.32. The fraction of sp³-hybridized carbons (Fsp3) is 0.800. The van der Waals surface area contributed by atoms with Gasteiger partial charge in [-0.3, -0.25) is 4.79 Å². The number of fused-ring (bicyclic) bond motifs is 2. The quantitative estimate of drug-likeness (QED) is 0.605. The molecule has 3 unspecified atom stereocenters. The van der Waals surface area contributed by atoms with Crippen molar-refractivity contribution in [2.75, 3.05) is 0 Å². The molecule has 3 aliphatic rings. The Morgan fingerprint density at radius 2 is 1.88 bits per heavy atom. The van der Waals surface area contributed by atoms with Crippen LogP contribution in [0.15, 0.2) is 11.1 Å². The van der Waals surface area contributed by atoms with Crippen molar-refractivity contribution >= 4 is 5.78 Å². The van der Waals surface area contributed by atoms with Crippen molar-refractivity contribution < 1.29 is 4.79 Å². The number of hydrogen-bond acceptors (Lipinski definition) is 1. The van der Waals surface area contributed by atoms with Crippen molar-refractivity contribution in [1.82, 2.24) is 0 Å². The minimum Gasteiger partial charge on any atom is -0.294 e. The maximum atomic E-state index is 12.4. The first kappa shape index (κ1) is 10.6. The molecule has 3 rings (SSSR count). The van der Waals surface area contributed by atoms with E-state index in [4.69, 9.17) is 0 Å². The van der Waals surface area contributed by atoms with E-state index in [0.717, 1.165) is 12.3 Å². The highest BCUT2D eigenvalue weighted by molar-refractivity contribution is 6.00. The molecule has 0 aliphatic heterocycles. The predicted octanol–water partition coefficient (Wildman–Crippen LogP) is 3.74. The maximum Gasteiger partial charge on any atom is 0.162 e. The third kappa shape index (κ3) is 1.15. The zero-order valence-electron chi connectivity index (χ0n) is 10.9. The molecule has 1 fully saturated rings. The highest BCUT2D eigenvalue weighted by Crippen LogP contribution is 2.69. The molecule has 0 aromatic heterocycles. The van der Waals surface area contributed by atoms with Crippen LogP contribution in [-0.4, -0.2) is 5.78 Å². The predicted molar refractivity (Wildman–Crippen MR) is 65.0 cm³/mol. The Hall–Kier alpha value is -0.590. The molecule has 0 aromatic carbocycles. The lowest BCUT2D eigenvalue weighted by molar-refractivity contribution is -0.120. The van der Waals surface area contributed by atoms with Gasteiger partial charge in [-0.15, -0.1) is 0 Å². The van der Waals surface area contributed by atoms with Gasteiger partial charge in [0.1, 0.15) is 0 Å². The minimum atomic E-state index is 0.141. The summed E-state index contributed by atoms with van der Waals surface area (Å²) >= 11 is 0. The number of allylic oxidation sites excluding steroid dienone is 2. The number of ketones is 1. The standard InChI is InChI=1S/C15H22O/c1-9-5-6-11-12(13(9)16)14(2,3)7-10-8-15(10,11)4/h9-10H,5-8H2,1-4H3. The first-order chi connectivity index (χ1) is 7.36. The van der Waals surface area contributed by atoms with Gasteiger partial charge in [0.05, 0.1) is 0 Å². The topological polar surface area (TPSA) is 17.1 Å². The normalized spacial score (nSPS) is 45.1. The van der Waals surface area contributed by atoms with Gasteiger partial charge in [0.2, 0.25) is 0 Å². The van der Waals surface area contributed by atoms with Crippen molar-refractivity contribution in [3.63, 3.8) is 0 Å². The Morgan fingerprint density at radius 3 is 2.56 bits per heavy atom. The number of Topliss-reactive ketones (excluding diaryl/α,β-unsaturated/α-hetero) is 1. The van der Waals surface area contributed by atoms with E-state index in [0.29, 0.717) is 11.2 Å². The molecule has 0 saturated heterocycles. The molecule has 16 heavy (non-hydrogen) atoms. The molecule has 0 heterocycles. The summed E-state index contributed by atoms with van der Waals surface area (Å²) in [7, 11) is 0. The van der Waals surface area contributed by atoms with Crippen LogP contribution in [0.25, 0.3) is 0 Å². The molecule has 0 amide bonds. The van der Waals surface area contributed by atoms with Crippen LogP contribution < -0.4 is 0 Å². The van der Waals surface area contributed by atoms with Crippen molar-refractivity contribution in [2.45, 2.75) is 53.4 Å². The van der Waals surface area contributed by atoms with Crippen molar-refractivity contribution in [3.05, 3.63) is 11.1 Å². The number of rotatable bonds is 0. The second kappa shape index (κ2) is 2.80. The van der Waals surface area contributed by atoms with Gasteiger partial charge < -0.3 is 0 Å². The lowest BCUT2D eigenvalue weighted by Gasteiger charge is -2.41. The van der Waals surface area contributed by atoms with Crippen LogP contribution in [0.1, 0.15) is 53.4 Å². The molecule has 0 spiro atoms. The van der Waals surface area contributed by atoms with Crippen LogP contribution in [0.2, 0.25) is 0 Å². The smallest absolute Gasteiger partial charge is 0.162 e. The third-order valence-corrected chi connectivity index (χ3v) is 5.36. The van der Waals surface area contributed by atoms with E-state index in [1.165, 1.54) is 30.4 Å². The number of hydrogen-bond donors (Lipinski definition) is 0. The summed E-state index contributed by atoms with van der Waals surface area (Å²) in [6.07, 6.45) is 4.81. The Morgan fingerprint density at radius 1 is 1.19 bits per heavy atom. The van der Waals surface area contributed by atoms with Gasteiger partial charge in [0.25, 0.3) is 0 Å². The van der Waals surface area contributed by atoms with E-state index in [1.807, 2.05) is 0 Å². The van der Waals surface area contributed by atoms with E-state index in [2.05, 4.69) is 27.7 Å². The second-order valence-corrected chi connectivity index (χ2v) is 7.06. The van der Waals surface area contributed by atoms with Crippen molar-refractivity contribution in [2.24, 2.45) is 22.7 Å². The van der Waals surface area contributed by atoms with Gasteiger partial charge in [-0.1, -0.05) is 33.3 Å². The first-order valence-electron chi connectivity index (χ1n) is 6.64. The zero-order valence-corrected chi connectivity index (χ0v) is 10.9. The van der Waals surface area contributed by atoms with E-state index < -0.39 is 0 Å². The molecule has 0 radical (unpaired) electrons. The number of carbonyl (C=O) groups is 1. The van der Waals surface area contributed by atoms with Gasteiger partial charge in [0, 0.05) is 11.5 Å². The molecule has 0 aromatic rings. The summed E-state index contributed by atoms with van der Waals surface area (Å²) in [5, 5.41) is 0. The highest BCUT2D eigenvalue weighted by Gasteiger charge is 2.60. The molecule has 0 N–H and O–H groups in total. The Balaban J connectivity index is 2.15. The monoisotopic (exact) mass is 218 g/mol. The molecule has 3 aliphatic carbocycles. The summed E-state index contributed by atoms with van der Waals surface area (Å²) in [6.45, 7) is 9.03. The van der Waals surface area contributed by atoms with Crippen LogP contribution in [0, 0.1) is 22.7 Å². The Labute approximate surface area is 98.3 Å². The average molecular weight is 218 g/mol. The average Bonchev–Trinajstić information content (AvgIpc) is 2.81. The van der Waals surface area contributed by atoms with Gasteiger partial charge in [0.15, 0.2) is 5.78 Å². The van der Waals surface area contributed by atoms with Crippen molar-refractivity contribution in [3.8, 4) is 0 Å². The van der Waals surface area contributed by atoms with Gasteiger partial charge in [-0.25, -0.2) is 0 Å². The van der Waals surface area contributed by atoms with Gasteiger partial charge in [-0.2, -0.15) is 0 Å². The molecule has 0 bridgehead atoms. The summed E-state index contributed by atoms with van der Waals surface area (Å²) in [5.74, 6) is 1.58. The van der Waals surface area contributed by atoms with E-state index in [-0.39, 0.29) is 11.3 Å². The van der Waals surface area contributed by atoms with Crippen LogP contribution in [0.3, 0.4) is 0 Å². The first-order valence-corrected chi connectivity index (χ1v) is 6.64. The third-order valence-electron chi connectivity index (χ3n) is 5.36. The van der Waals surface area contributed by atoms with E-state index in [9.17, 15) is 4.79 Å². The summed E-state index contributed by atoms with van der Waals surface area (Å²) in [6, 6.07) is 0. The van der Waals surface area contributed by atoms with E-state index >= 15 is 0 Å². The number of carbonyl (C=O) groups excluding carboxylic acids is 1. The minimum absolute atomic E-state index is 0.141. The van der Waals surface area contributed by atoms with Crippen LogP contribution in [0.4, 0.5) is 0 Å². The molecule has 3 atom stereocenters. The summed E-state index contributed by atoms with van der Waals surface area (Å²) < 4.78 is 0. The van der Waals surface area contributed by atoms with Gasteiger partial charge >= 0.3 is 0 Å². The maximum absolute atomic E-state index is 12.4. The lowest BCUT2D eigenvalue weighted by Crippen LogP contribution is -2.36. The van der Waals surface area contributed by atoms with Crippen LogP contribution in [-0.2, 0) is 4.79 Å². The fourth-order valence-electron chi connectivity index (χ4n) is 4.16. The van der Waals surface area contributed by atoms with Crippen molar-refractivity contribution in [1.29, 1.82) is 0 Å². The fourth-order valence-corrected chi connectivity index (χ4v) is 4.16. The molecular formula is C15H22O. The highest BCUT2D eigenvalue weighted by atomic mass is 16.1. The summed E-state index contributed by atoms with van der Waals surface area (Å²) in [4.78, 5) is 12.4. The largest absolute Gasteiger partial charge is 0.294 e. The van der Waals surface area contributed by atoms with Crippen LogP contribution >= 0.6 is 0 Å². The second-order valence-electron chi connectivity index (χ2n) is 7.06. The Kier molecular flexibility index (Phi) is 1.85. The zero-order chi connectivity index (χ0) is 11.7. The Bertz CT molecular complexity index is 402. The molecule has 88 valence electrons. The molecule has 1 heteroatoms. The SMILES string of the molecule is CC1CCC2=C(C1=O)C(C)(C)CC1CC21C. The molecular weight excluding hydrogens is 196 g/mol.